The first-order valence-corrected chi connectivity index (χ1v) is 6.78. The van der Waals surface area contributed by atoms with Gasteiger partial charge in [0.05, 0.1) is 6.61 Å². The number of aryl methyl sites for hydroxylation is 2. The van der Waals surface area contributed by atoms with Crippen LogP contribution in [-0.2, 0) is 6.54 Å². The van der Waals surface area contributed by atoms with Gasteiger partial charge < -0.3 is 15.3 Å². The fraction of sp³-hybridized carbons (Fsp3) is 0.533. The number of carbonyl (C=O) groups excluding carboxylic acids is 1. The Bertz CT molecular complexity index is 413. The monoisotopic (exact) mass is 264 g/mol. The molecule has 1 rings (SSSR count). The zero-order valence-corrected chi connectivity index (χ0v) is 12.1. The third-order valence-corrected chi connectivity index (χ3v) is 3.08. The summed E-state index contributed by atoms with van der Waals surface area (Å²) in [5.74, 6) is 0. The largest absolute Gasteiger partial charge is 0.395 e. The molecule has 1 aromatic rings. The average molecular weight is 264 g/mol. The molecule has 0 atom stereocenters. The molecule has 0 aliphatic rings. The molecule has 2 amide bonds. The predicted molar refractivity (Wildman–Crippen MR) is 77.1 cm³/mol. The van der Waals surface area contributed by atoms with Crippen molar-refractivity contribution in [2.75, 3.05) is 19.7 Å². The Morgan fingerprint density at radius 2 is 2.05 bits per heavy atom. The molecule has 0 fully saturated rings. The highest BCUT2D eigenvalue weighted by atomic mass is 16.3. The standard InChI is InChI=1S/C15H24N2O2/c1-4-7-17(8-9-18)15(19)16-11-14-6-5-12(2)10-13(14)3/h5-6,10,18H,4,7-9,11H2,1-3H3,(H,16,19). The van der Waals surface area contributed by atoms with Gasteiger partial charge in [-0.25, -0.2) is 4.79 Å². The van der Waals surface area contributed by atoms with Gasteiger partial charge in [0.25, 0.3) is 0 Å². The number of nitrogens with zero attached hydrogens (tertiary/aromatic N) is 1. The van der Waals surface area contributed by atoms with Gasteiger partial charge in [-0.05, 0) is 31.4 Å². The Hall–Kier alpha value is -1.55. The van der Waals surface area contributed by atoms with E-state index in [0.717, 1.165) is 12.0 Å². The number of hydrogen-bond donors (Lipinski definition) is 2. The maximum Gasteiger partial charge on any atom is 0.317 e. The fourth-order valence-corrected chi connectivity index (χ4v) is 2.03. The normalized spacial score (nSPS) is 10.3. The minimum Gasteiger partial charge on any atom is -0.395 e. The molecule has 106 valence electrons. The van der Waals surface area contributed by atoms with Crippen molar-refractivity contribution in [2.24, 2.45) is 0 Å². The van der Waals surface area contributed by atoms with E-state index in [2.05, 4.69) is 18.3 Å². The van der Waals surface area contributed by atoms with Crippen molar-refractivity contribution in [1.82, 2.24) is 10.2 Å². The second kappa shape index (κ2) is 7.79. The first-order valence-electron chi connectivity index (χ1n) is 6.78. The summed E-state index contributed by atoms with van der Waals surface area (Å²) in [4.78, 5) is 13.6. The lowest BCUT2D eigenvalue weighted by Gasteiger charge is -2.21. The zero-order chi connectivity index (χ0) is 14.3. The van der Waals surface area contributed by atoms with E-state index in [1.807, 2.05) is 26.0 Å². The second-order valence-corrected chi connectivity index (χ2v) is 4.80. The van der Waals surface area contributed by atoms with Crippen molar-refractivity contribution >= 4 is 6.03 Å². The van der Waals surface area contributed by atoms with Crippen LogP contribution in [0.3, 0.4) is 0 Å². The Labute approximate surface area is 115 Å². The van der Waals surface area contributed by atoms with Crippen molar-refractivity contribution in [3.05, 3.63) is 34.9 Å². The molecule has 0 spiro atoms. The minimum absolute atomic E-state index is 0.00300. The van der Waals surface area contributed by atoms with E-state index in [0.29, 0.717) is 19.6 Å². The summed E-state index contributed by atoms with van der Waals surface area (Å²) in [5, 5.41) is 11.9. The van der Waals surface area contributed by atoms with Gasteiger partial charge in [-0.2, -0.15) is 0 Å². The first-order chi connectivity index (χ1) is 9.08. The highest BCUT2D eigenvalue weighted by Crippen LogP contribution is 2.10. The highest BCUT2D eigenvalue weighted by molar-refractivity contribution is 5.74. The molecule has 0 aliphatic carbocycles. The van der Waals surface area contributed by atoms with Crippen LogP contribution in [-0.4, -0.2) is 35.7 Å². The summed E-state index contributed by atoms with van der Waals surface area (Å²) in [6.07, 6.45) is 0.886. The molecule has 0 heterocycles. The molecule has 0 radical (unpaired) electrons. The number of carbonyl (C=O) groups is 1. The lowest BCUT2D eigenvalue weighted by Crippen LogP contribution is -2.41. The molecular weight excluding hydrogens is 240 g/mol. The minimum atomic E-state index is -0.115. The molecule has 1 aromatic carbocycles. The molecule has 0 bridgehead atoms. The number of amides is 2. The van der Waals surface area contributed by atoms with Gasteiger partial charge in [-0.1, -0.05) is 30.7 Å². The number of benzene rings is 1. The summed E-state index contributed by atoms with van der Waals surface area (Å²) >= 11 is 0. The van der Waals surface area contributed by atoms with Crippen LogP contribution in [0.1, 0.15) is 30.0 Å². The Morgan fingerprint density at radius 3 is 2.63 bits per heavy atom. The van der Waals surface area contributed by atoms with E-state index < -0.39 is 0 Å². The lowest BCUT2D eigenvalue weighted by atomic mass is 10.1. The number of urea groups is 1. The number of rotatable bonds is 6. The van der Waals surface area contributed by atoms with Crippen molar-refractivity contribution in [3.8, 4) is 0 Å². The van der Waals surface area contributed by atoms with Crippen LogP contribution >= 0.6 is 0 Å². The maximum atomic E-state index is 12.0. The van der Waals surface area contributed by atoms with Crippen LogP contribution in [0.25, 0.3) is 0 Å². The smallest absolute Gasteiger partial charge is 0.317 e. The quantitative estimate of drug-likeness (QED) is 0.827. The van der Waals surface area contributed by atoms with E-state index in [9.17, 15) is 4.79 Å². The van der Waals surface area contributed by atoms with Gasteiger partial charge in [0.1, 0.15) is 0 Å². The van der Waals surface area contributed by atoms with Crippen LogP contribution in [0, 0.1) is 13.8 Å². The van der Waals surface area contributed by atoms with Crippen molar-refractivity contribution < 1.29 is 9.90 Å². The lowest BCUT2D eigenvalue weighted by molar-refractivity contribution is 0.177. The van der Waals surface area contributed by atoms with Gasteiger partial charge in [-0.3, -0.25) is 0 Å². The third kappa shape index (κ3) is 4.91. The topological polar surface area (TPSA) is 52.6 Å². The molecule has 19 heavy (non-hydrogen) atoms. The van der Waals surface area contributed by atoms with Gasteiger partial charge in [0, 0.05) is 19.6 Å². The molecule has 0 aromatic heterocycles. The number of nitrogens with one attached hydrogen (secondary N) is 1. The summed E-state index contributed by atoms with van der Waals surface area (Å²) in [7, 11) is 0. The fourth-order valence-electron chi connectivity index (χ4n) is 2.03. The van der Waals surface area contributed by atoms with Crippen molar-refractivity contribution in [2.45, 2.75) is 33.7 Å². The Kier molecular flexibility index (Phi) is 6.36. The van der Waals surface area contributed by atoms with Crippen molar-refractivity contribution in [1.29, 1.82) is 0 Å². The molecule has 0 unspecified atom stereocenters. The summed E-state index contributed by atoms with van der Waals surface area (Å²) in [6, 6.07) is 6.09. The number of hydrogen-bond acceptors (Lipinski definition) is 2. The third-order valence-electron chi connectivity index (χ3n) is 3.08. The van der Waals surface area contributed by atoms with Crippen molar-refractivity contribution in [3.63, 3.8) is 0 Å². The van der Waals surface area contributed by atoms with Crippen LogP contribution in [0.15, 0.2) is 18.2 Å². The highest BCUT2D eigenvalue weighted by Gasteiger charge is 2.11. The Balaban J connectivity index is 2.56. The molecular formula is C15H24N2O2. The molecule has 0 saturated heterocycles. The second-order valence-electron chi connectivity index (χ2n) is 4.80. The van der Waals surface area contributed by atoms with Gasteiger partial charge in [0.15, 0.2) is 0 Å². The number of aliphatic hydroxyl groups is 1. The van der Waals surface area contributed by atoms with Crippen LogP contribution in [0.2, 0.25) is 0 Å². The molecule has 4 nitrogen and oxygen atoms in total. The summed E-state index contributed by atoms with van der Waals surface area (Å²) in [6.45, 7) is 7.69. The summed E-state index contributed by atoms with van der Waals surface area (Å²) in [5.41, 5.74) is 3.53. The van der Waals surface area contributed by atoms with E-state index >= 15 is 0 Å². The maximum absolute atomic E-state index is 12.0. The molecule has 2 N–H and O–H groups in total. The van der Waals surface area contributed by atoms with Crippen LogP contribution in [0.5, 0.6) is 0 Å². The van der Waals surface area contributed by atoms with Gasteiger partial charge in [0.2, 0.25) is 0 Å². The van der Waals surface area contributed by atoms with Crippen LogP contribution < -0.4 is 5.32 Å². The average Bonchev–Trinajstić information content (AvgIpc) is 2.37. The molecule has 0 aliphatic heterocycles. The van der Waals surface area contributed by atoms with Gasteiger partial charge in [-0.15, -0.1) is 0 Å². The van der Waals surface area contributed by atoms with E-state index in [4.69, 9.17) is 5.11 Å². The molecule has 4 heteroatoms. The van der Waals surface area contributed by atoms with E-state index in [1.165, 1.54) is 11.1 Å². The Morgan fingerprint density at radius 1 is 1.32 bits per heavy atom. The number of aliphatic hydroxyl groups excluding tert-OH is 1. The van der Waals surface area contributed by atoms with E-state index in [1.54, 1.807) is 4.90 Å². The summed E-state index contributed by atoms with van der Waals surface area (Å²) < 4.78 is 0. The zero-order valence-electron chi connectivity index (χ0n) is 12.1. The van der Waals surface area contributed by atoms with Crippen LogP contribution in [0.4, 0.5) is 4.79 Å². The first kappa shape index (κ1) is 15.5. The predicted octanol–water partition coefficient (Wildman–Crippen LogP) is 2.22. The SMILES string of the molecule is CCCN(CCO)C(=O)NCc1ccc(C)cc1C. The van der Waals surface area contributed by atoms with E-state index in [-0.39, 0.29) is 12.6 Å². The molecule has 0 saturated carbocycles. The van der Waals surface area contributed by atoms with Gasteiger partial charge >= 0.3 is 6.03 Å².